The third-order valence-electron chi connectivity index (χ3n) is 2.82. The van der Waals surface area contributed by atoms with Crippen molar-refractivity contribution in [3.05, 3.63) is 0 Å². The summed E-state index contributed by atoms with van der Waals surface area (Å²) in [6.45, 7) is 1.67. The molecular formula is C11H18N2O2. The minimum Gasteiger partial charge on any atom is -0.393 e. The maximum atomic E-state index is 11.4. The second-order valence-electron chi connectivity index (χ2n) is 4.23. The highest BCUT2D eigenvalue weighted by molar-refractivity contribution is 5.76. The molecule has 0 aromatic rings. The van der Waals surface area contributed by atoms with Gasteiger partial charge in [0.05, 0.1) is 18.1 Å². The van der Waals surface area contributed by atoms with E-state index in [0.29, 0.717) is 12.8 Å². The van der Waals surface area contributed by atoms with E-state index in [1.54, 1.807) is 6.92 Å². The summed E-state index contributed by atoms with van der Waals surface area (Å²) in [5.41, 5.74) is 0. The molecule has 3 unspecified atom stereocenters. The van der Waals surface area contributed by atoms with Gasteiger partial charge in [0, 0.05) is 12.5 Å². The highest BCUT2D eigenvalue weighted by atomic mass is 16.3. The molecule has 84 valence electrons. The Morgan fingerprint density at radius 1 is 1.67 bits per heavy atom. The Balaban J connectivity index is 2.28. The molecule has 4 heteroatoms. The van der Waals surface area contributed by atoms with Gasteiger partial charge in [-0.15, -0.1) is 0 Å². The lowest BCUT2D eigenvalue weighted by molar-refractivity contribution is -0.122. The molecule has 1 rings (SSSR count). The summed E-state index contributed by atoms with van der Waals surface area (Å²) in [4.78, 5) is 11.4. The van der Waals surface area contributed by atoms with E-state index < -0.39 is 6.10 Å². The molecule has 0 aromatic carbocycles. The number of hydrogen-bond acceptors (Lipinski definition) is 3. The molecule has 0 aromatic heterocycles. The number of amides is 1. The maximum absolute atomic E-state index is 11.4. The Bertz CT molecular complexity index is 258. The molecule has 15 heavy (non-hydrogen) atoms. The van der Waals surface area contributed by atoms with Crippen molar-refractivity contribution in [3.8, 4) is 6.07 Å². The van der Waals surface area contributed by atoms with E-state index in [0.717, 1.165) is 19.3 Å². The van der Waals surface area contributed by atoms with Gasteiger partial charge in [0.25, 0.3) is 0 Å². The van der Waals surface area contributed by atoms with Crippen LogP contribution in [0.15, 0.2) is 0 Å². The van der Waals surface area contributed by atoms with Gasteiger partial charge < -0.3 is 10.4 Å². The molecule has 1 saturated carbocycles. The van der Waals surface area contributed by atoms with E-state index >= 15 is 0 Å². The van der Waals surface area contributed by atoms with Crippen molar-refractivity contribution in [2.24, 2.45) is 5.92 Å². The van der Waals surface area contributed by atoms with Crippen molar-refractivity contribution < 1.29 is 9.90 Å². The fourth-order valence-corrected chi connectivity index (χ4v) is 1.91. The Hall–Kier alpha value is -1.08. The number of aliphatic hydroxyl groups excluding tert-OH is 1. The predicted molar refractivity (Wildman–Crippen MR) is 55.8 cm³/mol. The van der Waals surface area contributed by atoms with Crippen LogP contribution in [-0.4, -0.2) is 23.2 Å². The van der Waals surface area contributed by atoms with Crippen LogP contribution in [0.4, 0.5) is 0 Å². The van der Waals surface area contributed by atoms with Crippen molar-refractivity contribution in [2.45, 2.75) is 51.2 Å². The first kappa shape index (κ1) is 12.0. The first-order valence-electron chi connectivity index (χ1n) is 5.50. The number of carbonyl (C=O) groups excluding carboxylic acids is 1. The summed E-state index contributed by atoms with van der Waals surface area (Å²) in [5, 5.41) is 20.7. The molecule has 0 bridgehead atoms. The van der Waals surface area contributed by atoms with Crippen LogP contribution in [0.2, 0.25) is 0 Å². The summed E-state index contributed by atoms with van der Waals surface area (Å²) in [6.07, 6.45) is 3.18. The second-order valence-corrected chi connectivity index (χ2v) is 4.23. The molecule has 1 amide bonds. The largest absolute Gasteiger partial charge is 0.393 e. The van der Waals surface area contributed by atoms with Crippen molar-refractivity contribution in [2.75, 3.05) is 0 Å². The lowest BCUT2D eigenvalue weighted by Crippen LogP contribution is -2.37. The summed E-state index contributed by atoms with van der Waals surface area (Å²) in [7, 11) is 0. The van der Waals surface area contributed by atoms with Crippen molar-refractivity contribution in [1.29, 1.82) is 5.26 Å². The SMILES string of the molecule is CC(O)CCC(=O)NC1CCCC1C#N. The van der Waals surface area contributed by atoms with Crippen LogP contribution in [0.3, 0.4) is 0 Å². The van der Waals surface area contributed by atoms with Crippen LogP contribution in [0.5, 0.6) is 0 Å². The van der Waals surface area contributed by atoms with Gasteiger partial charge in [-0.2, -0.15) is 5.26 Å². The number of nitrogens with one attached hydrogen (secondary N) is 1. The molecule has 1 aliphatic carbocycles. The van der Waals surface area contributed by atoms with Crippen LogP contribution >= 0.6 is 0 Å². The summed E-state index contributed by atoms with van der Waals surface area (Å²) in [5.74, 6) is -0.0800. The minimum absolute atomic E-state index is 0.0245. The molecule has 0 radical (unpaired) electrons. The van der Waals surface area contributed by atoms with Crippen LogP contribution < -0.4 is 5.32 Å². The Labute approximate surface area is 90.3 Å². The van der Waals surface area contributed by atoms with Gasteiger partial charge in [0.2, 0.25) is 5.91 Å². The van der Waals surface area contributed by atoms with E-state index in [4.69, 9.17) is 10.4 Å². The predicted octanol–water partition coefficient (Wildman–Crippen LogP) is 0.956. The van der Waals surface area contributed by atoms with E-state index in [1.807, 2.05) is 0 Å². The first-order chi connectivity index (χ1) is 7.13. The molecular weight excluding hydrogens is 192 g/mol. The molecule has 4 nitrogen and oxygen atoms in total. The Morgan fingerprint density at radius 3 is 3.00 bits per heavy atom. The number of rotatable bonds is 4. The van der Waals surface area contributed by atoms with Crippen molar-refractivity contribution >= 4 is 5.91 Å². The van der Waals surface area contributed by atoms with Crippen molar-refractivity contribution in [3.63, 3.8) is 0 Å². The van der Waals surface area contributed by atoms with Crippen LogP contribution in [-0.2, 0) is 4.79 Å². The van der Waals surface area contributed by atoms with Gasteiger partial charge in [0.15, 0.2) is 0 Å². The highest BCUT2D eigenvalue weighted by Crippen LogP contribution is 2.24. The zero-order valence-electron chi connectivity index (χ0n) is 9.07. The lowest BCUT2D eigenvalue weighted by atomic mass is 10.1. The summed E-state index contributed by atoms with van der Waals surface area (Å²) >= 11 is 0. The standard InChI is InChI=1S/C11H18N2O2/c1-8(14)5-6-11(15)13-10-4-2-3-9(10)7-12/h8-10,14H,2-6H2,1H3,(H,13,15). The summed E-state index contributed by atoms with van der Waals surface area (Å²) in [6, 6.07) is 2.24. The second kappa shape index (κ2) is 5.72. The Morgan fingerprint density at radius 2 is 2.40 bits per heavy atom. The van der Waals surface area contributed by atoms with Crippen molar-refractivity contribution in [1.82, 2.24) is 5.32 Å². The molecule has 1 fully saturated rings. The van der Waals surface area contributed by atoms with E-state index in [1.165, 1.54) is 0 Å². The van der Waals surface area contributed by atoms with E-state index in [9.17, 15) is 4.79 Å². The third kappa shape index (κ3) is 3.88. The number of aliphatic hydroxyl groups is 1. The van der Waals surface area contributed by atoms with Gasteiger partial charge in [-0.05, 0) is 32.6 Å². The van der Waals surface area contributed by atoms with Gasteiger partial charge in [-0.3, -0.25) is 4.79 Å². The average Bonchev–Trinajstić information content (AvgIpc) is 2.62. The minimum atomic E-state index is -0.439. The summed E-state index contributed by atoms with van der Waals surface area (Å²) < 4.78 is 0. The molecule has 0 saturated heterocycles. The molecule has 0 aliphatic heterocycles. The smallest absolute Gasteiger partial charge is 0.220 e. The molecule has 3 atom stereocenters. The van der Waals surface area contributed by atoms with Crippen LogP contribution in [0.1, 0.15) is 39.0 Å². The number of nitriles is 1. The van der Waals surface area contributed by atoms with Gasteiger partial charge >= 0.3 is 0 Å². The zero-order chi connectivity index (χ0) is 11.3. The number of carbonyl (C=O) groups is 1. The van der Waals surface area contributed by atoms with Crippen LogP contribution in [0.25, 0.3) is 0 Å². The quantitative estimate of drug-likeness (QED) is 0.725. The zero-order valence-corrected chi connectivity index (χ0v) is 9.07. The number of nitrogens with zero attached hydrogens (tertiary/aromatic N) is 1. The number of hydrogen-bond donors (Lipinski definition) is 2. The monoisotopic (exact) mass is 210 g/mol. The topological polar surface area (TPSA) is 73.1 Å². The van der Waals surface area contributed by atoms with Gasteiger partial charge in [-0.25, -0.2) is 0 Å². The first-order valence-corrected chi connectivity index (χ1v) is 5.50. The normalized spacial score (nSPS) is 27.0. The van der Waals surface area contributed by atoms with E-state index in [2.05, 4.69) is 11.4 Å². The lowest BCUT2D eigenvalue weighted by Gasteiger charge is -2.15. The third-order valence-corrected chi connectivity index (χ3v) is 2.82. The average molecular weight is 210 g/mol. The van der Waals surface area contributed by atoms with E-state index in [-0.39, 0.29) is 17.9 Å². The fourth-order valence-electron chi connectivity index (χ4n) is 1.91. The maximum Gasteiger partial charge on any atom is 0.220 e. The molecule has 0 spiro atoms. The highest BCUT2D eigenvalue weighted by Gasteiger charge is 2.28. The molecule has 2 N–H and O–H groups in total. The van der Waals surface area contributed by atoms with Gasteiger partial charge in [-0.1, -0.05) is 0 Å². The fraction of sp³-hybridized carbons (Fsp3) is 0.818. The van der Waals surface area contributed by atoms with Gasteiger partial charge in [0.1, 0.15) is 0 Å². The molecule has 0 heterocycles. The Kier molecular flexibility index (Phi) is 4.57. The molecule has 1 aliphatic rings. The van der Waals surface area contributed by atoms with Crippen LogP contribution in [0, 0.1) is 17.2 Å².